The molecule has 1 fully saturated rings. The van der Waals surface area contributed by atoms with E-state index < -0.39 is 0 Å². The van der Waals surface area contributed by atoms with Crippen molar-refractivity contribution in [1.29, 1.82) is 0 Å². The summed E-state index contributed by atoms with van der Waals surface area (Å²) >= 11 is 0. The summed E-state index contributed by atoms with van der Waals surface area (Å²) in [5.41, 5.74) is 1.80. The van der Waals surface area contributed by atoms with Crippen LogP contribution in [-0.2, 0) is 0 Å². The number of hydrogen-bond acceptors (Lipinski definition) is 1. The molecule has 1 aliphatic rings. The zero-order valence-corrected chi connectivity index (χ0v) is 13.7. The number of hydrogen-bond donors (Lipinski definition) is 1. The molecule has 1 aromatic carbocycles. The van der Waals surface area contributed by atoms with Crippen LogP contribution in [0, 0.1) is 11.3 Å². The highest BCUT2D eigenvalue weighted by Gasteiger charge is 2.25. The van der Waals surface area contributed by atoms with Crippen LogP contribution in [0.25, 0.3) is 0 Å². The standard InChI is InChI=1S/C19H31N/c1-15-9-8-12-17(13-15)20-18(14-19(2,3)4)16-10-6-5-7-11-16/h5-7,10-11,15,17-18,20H,8-9,12-14H2,1-4H3. The SMILES string of the molecule is CC1CCCC(NC(CC(C)(C)C)c2ccccc2)C1. The largest absolute Gasteiger partial charge is 0.307 e. The van der Waals surface area contributed by atoms with E-state index in [1.165, 1.54) is 37.7 Å². The van der Waals surface area contributed by atoms with Crippen LogP contribution in [0.1, 0.15) is 71.4 Å². The van der Waals surface area contributed by atoms with Crippen LogP contribution in [0.5, 0.6) is 0 Å². The Morgan fingerprint density at radius 3 is 2.45 bits per heavy atom. The van der Waals surface area contributed by atoms with Gasteiger partial charge in [0.25, 0.3) is 0 Å². The Morgan fingerprint density at radius 1 is 1.15 bits per heavy atom. The summed E-state index contributed by atoms with van der Waals surface area (Å²) in [7, 11) is 0. The molecule has 0 saturated heterocycles. The molecule has 3 atom stereocenters. The van der Waals surface area contributed by atoms with Crippen LogP contribution in [0.15, 0.2) is 30.3 Å². The summed E-state index contributed by atoms with van der Waals surface area (Å²) in [5, 5.41) is 3.96. The van der Waals surface area contributed by atoms with E-state index in [1.807, 2.05) is 0 Å². The quantitative estimate of drug-likeness (QED) is 0.781. The summed E-state index contributed by atoms with van der Waals surface area (Å²) in [4.78, 5) is 0. The smallest absolute Gasteiger partial charge is 0.0327 e. The highest BCUT2D eigenvalue weighted by molar-refractivity contribution is 5.19. The minimum atomic E-state index is 0.355. The van der Waals surface area contributed by atoms with Crippen molar-refractivity contribution < 1.29 is 0 Å². The molecule has 2 rings (SSSR count). The predicted molar refractivity (Wildman–Crippen MR) is 87.8 cm³/mol. The Morgan fingerprint density at radius 2 is 1.85 bits per heavy atom. The lowest BCUT2D eigenvalue weighted by Gasteiger charge is -2.34. The lowest BCUT2D eigenvalue weighted by Crippen LogP contribution is -2.37. The molecule has 0 aromatic heterocycles. The van der Waals surface area contributed by atoms with Gasteiger partial charge in [-0.05, 0) is 36.2 Å². The van der Waals surface area contributed by atoms with Crippen LogP contribution in [0.2, 0.25) is 0 Å². The van der Waals surface area contributed by atoms with Gasteiger partial charge < -0.3 is 5.32 Å². The van der Waals surface area contributed by atoms with Crippen molar-refractivity contribution in [3.8, 4) is 0 Å². The third kappa shape index (κ3) is 4.94. The highest BCUT2D eigenvalue weighted by Crippen LogP contribution is 2.32. The van der Waals surface area contributed by atoms with E-state index >= 15 is 0 Å². The zero-order chi connectivity index (χ0) is 14.6. The Labute approximate surface area is 125 Å². The second kappa shape index (κ2) is 6.76. The van der Waals surface area contributed by atoms with Crippen LogP contribution in [-0.4, -0.2) is 6.04 Å². The van der Waals surface area contributed by atoms with Gasteiger partial charge in [-0.15, -0.1) is 0 Å². The van der Waals surface area contributed by atoms with Crippen molar-refractivity contribution in [2.75, 3.05) is 0 Å². The van der Waals surface area contributed by atoms with Crippen LogP contribution < -0.4 is 5.32 Å². The van der Waals surface area contributed by atoms with E-state index in [0.29, 0.717) is 17.5 Å². The lowest BCUT2D eigenvalue weighted by atomic mass is 9.83. The fraction of sp³-hybridized carbons (Fsp3) is 0.684. The molecule has 1 nitrogen and oxygen atoms in total. The van der Waals surface area contributed by atoms with E-state index in [4.69, 9.17) is 0 Å². The van der Waals surface area contributed by atoms with E-state index in [9.17, 15) is 0 Å². The van der Waals surface area contributed by atoms with Gasteiger partial charge in [-0.1, -0.05) is 70.9 Å². The maximum Gasteiger partial charge on any atom is 0.0327 e. The van der Waals surface area contributed by atoms with Gasteiger partial charge >= 0.3 is 0 Å². The first kappa shape index (κ1) is 15.6. The predicted octanol–water partition coefficient (Wildman–Crippen LogP) is 5.33. The monoisotopic (exact) mass is 273 g/mol. The third-order valence-corrected chi connectivity index (χ3v) is 4.39. The molecule has 0 spiro atoms. The van der Waals surface area contributed by atoms with Crippen molar-refractivity contribution in [1.82, 2.24) is 5.32 Å². The minimum Gasteiger partial charge on any atom is -0.307 e. The Hall–Kier alpha value is -0.820. The van der Waals surface area contributed by atoms with E-state index in [0.717, 1.165) is 5.92 Å². The normalized spacial score (nSPS) is 25.4. The summed E-state index contributed by atoms with van der Waals surface area (Å²) in [6.07, 6.45) is 6.68. The molecule has 1 aliphatic carbocycles. The molecular weight excluding hydrogens is 242 g/mol. The number of rotatable bonds is 4. The summed E-state index contributed by atoms with van der Waals surface area (Å²) in [6.45, 7) is 9.42. The van der Waals surface area contributed by atoms with E-state index in [1.54, 1.807) is 0 Å². The number of nitrogens with one attached hydrogen (secondary N) is 1. The average Bonchev–Trinajstić information content (AvgIpc) is 2.37. The molecule has 3 unspecified atom stereocenters. The Kier molecular flexibility index (Phi) is 5.26. The molecule has 0 heterocycles. The number of benzene rings is 1. The second-order valence-corrected chi connectivity index (χ2v) is 7.86. The van der Waals surface area contributed by atoms with Crippen molar-refractivity contribution in [3.05, 3.63) is 35.9 Å². The molecule has 20 heavy (non-hydrogen) atoms. The fourth-order valence-electron chi connectivity index (χ4n) is 3.44. The molecule has 0 amide bonds. The lowest BCUT2D eigenvalue weighted by molar-refractivity contribution is 0.242. The van der Waals surface area contributed by atoms with Gasteiger partial charge in [-0.3, -0.25) is 0 Å². The molecule has 1 saturated carbocycles. The topological polar surface area (TPSA) is 12.0 Å². The summed E-state index contributed by atoms with van der Waals surface area (Å²) in [6, 6.07) is 12.2. The first-order chi connectivity index (χ1) is 9.44. The highest BCUT2D eigenvalue weighted by atomic mass is 15.0. The third-order valence-electron chi connectivity index (χ3n) is 4.39. The molecule has 1 aromatic rings. The van der Waals surface area contributed by atoms with Gasteiger partial charge in [0.1, 0.15) is 0 Å². The van der Waals surface area contributed by atoms with Gasteiger partial charge in [0.15, 0.2) is 0 Å². The molecule has 1 heteroatoms. The average molecular weight is 273 g/mol. The van der Waals surface area contributed by atoms with Gasteiger partial charge in [0.05, 0.1) is 0 Å². The van der Waals surface area contributed by atoms with Gasteiger partial charge in [0, 0.05) is 12.1 Å². The Bertz CT molecular complexity index is 390. The Balaban J connectivity index is 2.06. The van der Waals surface area contributed by atoms with Gasteiger partial charge in [-0.2, -0.15) is 0 Å². The fourth-order valence-corrected chi connectivity index (χ4v) is 3.44. The summed E-state index contributed by atoms with van der Waals surface area (Å²) < 4.78 is 0. The molecule has 0 bridgehead atoms. The van der Waals surface area contributed by atoms with Crippen LogP contribution in [0.4, 0.5) is 0 Å². The molecule has 0 radical (unpaired) electrons. The van der Waals surface area contributed by atoms with Gasteiger partial charge in [-0.25, -0.2) is 0 Å². The molecule has 112 valence electrons. The molecule has 0 aliphatic heterocycles. The van der Waals surface area contributed by atoms with Crippen molar-refractivity contribution in [2.24, 2.45) is 11.3 Å². The van der Waals surface area contributed by atoms with Crippen molar-refractivity contribution in [3.63, 3.8) is 0 Å². The minimum absolute atomic E-state index is 0.355. The van der Waals surface area contributed by atoms with Crippen LogP contribution in [0.3, 0.4) is 0 Å². The van der Waals surface area contributed by atoms with Crippen molar-refractivity contribution >= 4 is 0 Å². The van der Waals surface area contributed by atoms with E-state index in [-0.39, 0.29) is 0 Å². The molecule has 1 N–H and O–H groups in total. The van der Waals surface area contributed by atoms with Crippen LogP contribution >= 0.6 is 0 Å². The summed E-state index contributed by atoms with van der Waals surface area (Å²) in [5.74, 6) is 0.882. The second-order valence-electron chi connectivity index (χ2n) is 7.86. The first-order valence-electron chi connectivity index (χ1n) is 8.25. The zero-order valence-electron chi connectivity index (χ0n) is 13.7. The maximum absolute atomic E-state index is 3.96. The van der Waals surface area contributed by atoms with Crippen molar-refractivity contribution in [2.45, 2.75) is 71.9 Å². The van der Waals surface area contributed by atoms with E-state index in [2.05, 4.69) is 63.3 Å². The van der Waals surface area contributed by atoms with Gasteiger partial charge in [0.2, 0.25) is 0 Å². The molecular formula is C19H31N. The maximum atomic E-state index is 3.96. The first-order valence-corrected chi connectivity index (χ1v) is 8.25.